The zero-order valence-electron chi connectivity index (χ0n) is 16.9. The number of nitrogens with one attached hydrogen (secondary N) is 1. The fourth-order valence-electron chi connectivity index (χ4n) is 3.94. The van der Waals surface area contributed by atoms with Gasteiger partial charge in [-0.15, -0.1) is 0 Å². The van der Waals surface area contributed by atoms with Crippen molar-refractivity contribution in [1.82, 2.24) is 10.3 Å². The largest absolute Gasteiger partial charge is 0.364 e. The number of aryl methyl sites for hydroxylation is 2. The van der Waals surface area contributed by atoms with Gasteiger partial charge in [0.05, 0.1) is 5.69 Å². The van der Waals surface area contributed by atoms with Crippen LogP contribution in [0.25, 0.3) is 11.3 Å². The second kappa shape index (κ2) is 8.57. The monoisotopic (exact) mass is 371 g/mol. The molecule has 0 saturated carbocycles. The summed E-state index contributed by atoms with van der Waals surface area (Å²) in [6, 6.07) is 22.5. The van der Waals surface area contributed by atoms with E-state index < -0.39 is 0 Å². The standard InChI is InChI=1S/C25H29N3/c1-19-3-7-22(8-4-19)25-17-21(11-16-27-25)18-28(24-12-14-26-15-13-24)23-9-5-20(2)6-10-23/h3-11,16-17,24,26H,12-15,18H2,1-2H3. The van der Waals surface area contributed by atoms with Gasteiger partial charge >= 0.3 is 0 Å². The highest BCUT2D eigenvalue weighted by atomic mass is 15.2. The lowest BCUT2D eigenvalue weighted by atomic mass is 10.0. The molecule has 2 heterocycles. The first kappa shape index (κ1) is 18.7. The molecular weight excluding hydrogens is 342 g/mol. The maximum absolute atomic E-state index is 4.61. The van der Waals surface area contributed by atoms with Gasteiger partial charge in [0.25, 0.3) is 0 Å². The summed E-state index contributed by atoms with van der Waals surface area (Å²) < 4.78 is 0. The predicted molar refractivity (Wildman–Crippen MR) is 118 cm³/mol. The van der Waals surface area contributed by atoms with Crippen molar-refractivity contribution >= 4 is 5.69 Å². The lowest BCUT2D eigenvalue weighted by Crippen LogP contribution is -2.43. The van der Waals surface area contributed by atoms with E-state index in [4.69, 9.17) is 0 Å². The summed E-state index contributed by atoms with van der Waals surface area (Å²) in [5, 5.41) is 3.49. The van der Waals surface area contributed by atoms with E-state index >= 15 is 0 Å². The Kier molecular flexibility index (Phi) is 5.73. The molecular formula is C25H29N3. The van der Waals surface area contributed by atoms with E-state index in [-0.39, 0.29) is 0 Å². The van der Waals surface area contributed by atoms with Crippen LogP contribution in [-0.4, -0.2) is 24.1 Å². The first-order valence-electron chi connectivity index (χ1n) is 10.2. The second-order valence-corrected chi connectivity index (χ2v) is 7.86. The van der Waals surface area contributed by atoms with Gasteiger partial charge in [0.2, 0.25) is 0 Å². The molecule has 0 aliphatic carbocycles. The topological polar surface area (TPSA) is 28.2 Å². The predicted octanol–water partition coefficient (Wildman–Crippen LogP) is 5.12. The van der Waals surface area contributed by atoms with Crippen LogP contribution >= 0.6 is 0 Å². The van der Waals surface area contributed by atoms with Crippen molar-refractivity contribution in [2.24, 2.45) is 0 Å². The van der Waals surface area contributed by atoms with Gasteiger partial charge in [0.1, 0.15) is 0 Å². The number of aromatic nitrogens is 1. The summed E-state index contributed by atoms with van der Waals surface area (Å²) in [7, 11) is 0. The van der Waals surface area contributed by atoms with Crippen molar-refractivity contribution in [3.05, 3.63) is 83.6 Å². The molecule has 3 aromatic rings. The normalized spacial score (nSPS) is 14.8. The highest BCUT2D eigenvalue weighted by molar-refractivity contribution is 5.60. The van der Waals surface area contributed by atoms with Crippen molar-refractivity contribution in [2.45, 2.75) is 39.3 Å². The molecule has 1 aliphatic heterocycles. The highest BCUT2D eigenvalue weighted by Gasteiger charge is 2.21. The first-order valence-corrected chi connectivity index (χ1v) is 10.2. The molecule has 1 saturated heterocycles. The number of pyridine rings is 1. The molecule has 1 aliphatic rings. The summed E-state index contributed by atoms with van der Waals surface area (Å²) in [5.74, 6) is 0. The number of anilines is 1. The number of hydrogen-bond donors (Lipinski definition) is 1. The van der Waals surface area contributed by atoms with E-state index in [0.29, 0.717) is 6.04 Å². The van der Waals surface area contributed by atoms with E-state index in [9.17, 15) is 0 Å². The van der Waals surface area contributed by atoms with Crippen molar-refractivity contribution in [3.63, 3.8) is 0 Å². The number of nitrogens with zero attached hydrogens (tertiary/aromatic N) is 2. The maximum Gasteiger partial charge on any atom is 0.0705 e. The van der Waals surface area contributed by atoms with Gasteiger partial charge in [-0.25, -0.2) is 0 Å². The lowest BCUT2D eigenvalue weighted by molar-refractivity contribution is 0.428. The molecule has 28 heavy (non-hydrogen) atoms. The van der Waals surface area contributed by atoms with E-state index in [1.807, 2.05) is 6.20 Å². The summed E-state index contributed by atoms with van der Waals surface area (Å²) in [6.07, 6.45) is 4.31. The molecule has 0 bridgehead atoms. The van der Waals surface area contributed by atoms with Crippen LogP contribution in [0.3, 0.4) is 0 Å². The average Bonchev–Trinajstić information content (AvgIpc) is 2.74. The van der Waals surface area contributed by atoms with Crippen LogP contribution in [-0.2, 0) is 6.54 Å². The SMILES string of the molecule is Cc1ccc(-c2cc(CN(c3ccc(C)cc3)C3CCNCC3)ccn2)cc1. The minimum absolute atomic E-state index is 0.569. The summed E-state index contributed by atoms with van der Waals surface area (Å²) in [6.45, 7) is 7.37. The molecule has 0 spiro atoms. The van der Waals surface area contributed by atoms with Crippen LogP contribution in [0.4, 0.5) is 5.69 Å². The van der Waals surface area contributed by atoms with Crippen LogP contribution in [0.5, 0.6) is 0 Å². The van der Waals surface area contributed by atoms with Crippen LogP contribution in [0, 0.1) is 13.8 Å². The van der Waals surface area contributed by atoms with Gasteiger partial charge in [-0.05, 0) is 69.6 Å². The van der Waals surface area contributed by atoms with Crippen LogP contribution in [0.2, 0.25) is 0 Å². The summed E-state index contributed by atoms with van der Waals surface area (Å²) in [5.41, 5.74) is 7.43. The van der Waals surface area contributed by atoms with E-state index in [2.05, 4.69) is 89.7 Å². The van der Waals surface area contributed by atoms with Gasteiger partial charge in [0, 0.05) is 30.0 Å². The average molecular weight is 372 g/mol. The van der Waals surface area contributed by atoms with Crippen LogP contribution < -0.4 is 10.2 Å². The minimum atomic E-state index is 0.569. The Balaban J connectivity index is 1.61. The van der Waals surface area contributed by atoms with E-state index in [1.165, 1.54) is 40.8 Å². The third-order valence-corrected chi connectivity index (χ3v) is 5.64. The molecule has 1 fully saturated rings. The molecule has 144 valence electrons. The third kappa shape index (κ3) is 4.42. The maximum atomic E-state index is 4.61. The van der Waals surface area contributed by atoms with Crippen molar-refractivity contribution < 1.29 is 0 Å². The van der Waals surface area contributed by atoms with Gasteiger partial charge in [0.15, 0.2) is 0 Å². The smallest absolute Gasteiger partial charge is 0.0705 e. The zero-order chi connectivity index (χ0) is 19.3. The molecule has 4 rings (SSSR count). The molecule has 3 heteroatoms. The second-order valence-electron chi connectivity index (χ2n) is 7.86. The van der Waals surface area contributed by atoms with Gasteiger partial charge in [-0.3, -0.25) is 4.98 Å². The van der Waals surface area contributed by atoms with Crippen molar-refractivity contribution in [1.29, 1.82) is 0 Å². The third-order valence-electron chi connectivity index (χ3n) is 5.64. The van der Waals surface area contributed by atoms with Crippen molar-refractivity contribution in [2.75, 3.05) is 18.0 Å². The molecule has 1 N–H and O–H groups in total. The van der Waals surface area contributed by atoms with Crippen molar-refractivity contribution in [3.8, 4) is 11.3 Å². The fraction of sp³-hybridized carbons (Fsp3) is 0.320. The number of rotatable bonds is 5. The molecule has 0 amide bonds. The molecule has 0 atom stereocenters. The van der Waals surface area contributed by atoms with Crippen LogP contribution in [0.1, 0.15) is 29.5 Å². The Morgan fingerprint density at radius 3 is 2.21 bits per heavy atom. The van der Waals surface area contributed by atoms with Gasteiger partial charge in [-0.1, -0.05) is 47.5 Å². The Morgan fingerprint density at radius 2 is 1.54 bits per heavy atom. The first-order chi connectivity index (χ1) is 13.7. The Labute approximate surface area is 168 Å². The quantitative estimate of drug-likeness (QED) is 0.674. The Hall–Kier alpha value is -2.65. The van der Waals surface area contributed by atoms with E-state index in [0.717, 1.165) is 25.3 Å². The fourth-order valence-corrected chi connectivity index (χ4v) is 3.94. The molecule has 3 nitrogen and oxygen atoms in total. The molecule has 2 aromatic carbocycles. The highest BCUT2D eigenvalue weighted by Crippen LogP contribution is 2.26. The summed E-state index contributed by atoms with van der Waals surface area (Å²) in [4.78, 5) is 7.19. The zero-order valence-corrected chi connectivity index (χ0v) is 16.9. The van der Waals surface area contributed by atoms with Gasteiger partial charge < -0.3 is 10.2 Å². The number of benzene rings is 2. The molecule has 0 radical (unpaired) electrons. The van der Waals surface area contributed by atoms with Crippen LogP contribution in [0.15, 0.2) is 66.9 Å². The minimum Gasteiger partial charge on any atom is -0.364 e. The number of hydrogen-bond acceptors (Lipinski definition) is 3. The molecule has 1 aromatic heterocycles. The Bertz CT molecular complexity index is 894. The van der Waals surface area contributed by atoms with Gasteiger partial charge in [-0.2, -0.15) is 0 Å². The molecule has 0 unspecified atom stereocenters. The number of piperidine rings is 1. The Morgan fingerprint density at radius 1 is 0.893 bits per heavy atom. The van der Waals surface area contributed by atoms with E-state index in [1.54, 1.807) is 0 Å². The summed E-state index contributed by atoms with van der Waals surface area (Å²) >= 11 is 0. The lowest BCUT2D eigenvalue weighted by Gasteiger charge is -2.36.